The minimum absolute atomic E-state index is 0.132. The number of carbonyl (C=O) groups is 1. The van der Waals surface area contributed by atoms with Gasteiger partial charge in [-0.15, -0.1) is 0 Å². The van der Waals surface area contributed by atoms with Crippen LogP contribution in [0.2, 0.25) is 0 Å². The number of urea groups is 1. The Hall–Kier alpha value is -1.49. The van der Waals surface area contributed by atoms with Crippen molar-refractivity contribution in [3.8, 4) is 0 Å². The molecule has 0 aliphatic heterocycles. The average molecular weight is 183 g/mol. The molecule has 1 rings (SSSR count). The zero-order valence-electron chi connectivity index (χ0n) is 7.40. The second kappa shape index (κ2) is 3.95. The number of aliphatic hydroxyl groups excluding tert-OH is 1. The lowest BCUT2D eigenvalue weighted by Crippen LogP contribution is -2.33. The van der Waals surface area contributed by atoms with E-state index in [2.05, 4.69) is 5.32 Å². The van der Waals surface area contributed by atoms with Crippen molar-refractivity contribution in [3.63, 3.8) is 0 Å². The summed E-state index contributed by atoms with van der Waals surface area (Å²) in [6.45, 7) is 0.132. The molecule has 72 valence electrons. The molecule has 4 N–H and O–H groups in total. The first kappa shape index (κ1) is 9.60. The van der Waals surface area contributed by atoms with E-state index < -0.39 is 12.1 Å². The Morgan fingerprint density at radius 1 is 1.85 bits per heavy atom. The number of aliphatic hydroxyl groups is 1. The van der Waals surface area contributed by atoms with Gasteiger partial charge >= 0.3 is 6.03 Å². The topological polar surface area (TPSA) is 80.3 Å². The fourth-order valence-electron chi connectivity index (χ4n) is 1.12. The summed E-state index contributed by atoms with van der Waals surface area (Å²) >= 11 is 0. The first-order valence-corrected chi connectivity index (χ1v) is 3.94. The van der Waals surface area contributed by atoms with E-state index in [4.69, 9.17) is 5.73 Å². The van der Waals surface area contributed by atoms with Crippen LogP contribution in [0.4, 0.5) is 4.79 Å². The van der Waals surface area contributed by atoms with E-state index in [1.807, 2.05) is 19.3 Å². The molecule has 0 aromatic carbocycles. The van der Waals surface area contributed by atoms with Gasteiger partial charge in [-0.25, -0.2) is 4.79 Å². The molecular weight excluding hydrogens is 170 g/mol. The van der Waals surface area contributed by atoms with Crippen molar-refractivity contribution in [3.05, 3.63) is 24.0 Å². The Kier molecular flexibility index (Phi) is 2.92. The normalized spacial score (nSPS) is 12.5. The summed E-state index contributed by atoms with van der Waals surface area (Å²) in [6, 6.07) is 2.98. The molecule has 0 aliphatic rings. The minimum Gasteiger partial charge on any atom is -0.385 e. The number of hydrogen-bond donors (Lipinski definition) is 3. The smallest absolute Gasteiger partial charge is 0.312 e. The minimum atomic E-state index is -0.715. The zero-order chi connectivity index (χ0) is 9.84. The number of primary amides is 1. The van der Waals surface area contributed by atoms with E-state index in [0.717, 1.165) is 5.69 Å². The van der Waals surface area contributed by atoms with Crippen LogP contribution in [0.1, 0.15) is 11.8 Å². The molecule has 1 atom stereocenters. The maximum Gasteiger partial charge on any atom is 0.312 e. The standard InChI is InChI=1S/C8H13N3O2/c1-11-4-2-3-6(11)7(12)5-10-8(9)13/h2-4,7,12H,5H2,1H3,(H3,9,10,13). The van der Waals surface area contributed by atoms with Gasteiger partial charge in [0.25, 0.3) is 0 Å². The molecule has 1 unspecified atom stereocenters. The number of nitrogens with two attached hydrogens (primary N) is 1. The van der Waals surface area contributed by atoms with E-state index in [9.17, 15) is 9.90 Å². The van der Waals surface area contributed by atoms with Gasteiger partial charge < -0.3 is 20.7 Å². The molecule has 0 saturated heterocycles. The molecule has 0 fully saturated rings. The summed E-state index contributed by atoms with van der Waals surface area (Å²) in [6.07, 6.45) is 1.11. The molecule has 1 heterocycles. The molecule has 13 heavy (non-hydrogen) atoms. The predicted octanol–water partition coefficient (Wildman–Crippen LogP) is -0.273. The number of aromatic nitrogens is 1. The fourth-order valence-corrected chi connectivity index (χ4v) is 1.12. The Labute approximate surface area is 76.2 Å². The first-order valence-electron chi connectivity index (χ1n) is 3.94. The lowest BCUT2D eigenvalue weighted by atomic mass is 10.2. The predicted molar refractivity (Wildman–Crippen MR) is 48.0 cm³/mol. The number of hydrogen-bond acceptors (Lipinski definition) is 2. The summed E-state index contributed by atoms with van der Waals surface area (Å²) in [4.78, 5) is 10.4. The van der Waals surface area contributed by atoms with Crippen LogP contribution in [0.25, 0.3) is 0 Å². The van der Waals surface area contributed by atoms with Crippen molar-refractivity contribution in [1.82, 2.24) is 9.88 Å². The lowest BCUT2D eigenvalue weighted by Gasteiger charge is -2.11. The van der Waals surface area contributed by atoms with Crippen LogP contribution in [0, 0.1) is 0 Å². The lowest BCUT2D eigenvalue weighted by molar-refractivity contribution is 0.167. The molecule has 0 aliphatic carbocycles. The van der Waals surface area contributed by atoms with E-state index in [1.54, 1.807) is 10.6 Å². The number of carbonyl (C=O) groups excluding carboxylic acids is 1. The third-order valence-corrected chi connectivity index (χ3v) is 1.79. The largest absolute Gasteiger partial charge is 0.385 e. The zero-order valence-corrected chi connectivity index (χ0v) is 7.40. The number of nitrogens with one attached hydrogen (secondary N) is 1. The van der Waals surface area contributed by atoms with Crippen LogP contribution < -0.4 is 11.1 Å². The average Bonchev–Trinajstić information content (AvgIpc) is 2.47. The molecule has 1 aromatic heterocycles. The van der Waals surface area contributed by atoms with Gasteiger partial charge in [0.15, 0.2) is 0 Å². The number of nitrogens with zero attached hydrogens (tertiary/aromatic N) is 1. The number of rotatable bonds is 3. The van der Waals surface area contributed by atoms with Gasteiger partial charge in [0.1, 0.15) is 6.10 Å². The summed E-state index contributed by atoms with van der Waals surface area (Å²) in [5.74, 6) is 0. The van der Waals surface area contributed by atoms with Gasteiger partial charge in [0, 0.05) is 18.9 Å². The van der Waals surface area contributed by atoms with Crippen LogP contribution in [0.15, 0.2) is 18.3 Å². The van der Waals surface area contributed by atoms with Gasteiger partial charge in [0.2, 0.25) is 0 Å². The van der Waals surface area contributed by atoms with Crippen molar-refractivity contribution in [2.75, 3.05) is 6.54 Å². The Balaban J connectivity index is 2.53. The van der Waals surface area contributed by atoms with Crippen molar-refractivity contribution in [2.45, 2.75) is 6.10 Å². The van der Waals surface area contributed by atoms with Crippen molar-refractivity contribution < 1.29 is 9.90 Å². The highest BCUT2D eigenvalue weighted by Gasteiger charge is 2.10. The summed E-state index contributed by atoms with van der Waals surface area (Å²) < 4.78 is 1.79. The summed E-state index contributed by atoms with van der Waals surface area (Å²) in [7, 11) is 1.82. The highest BCUT2D eigenvalue weighted by molar-refractivity contribution is 5.71. The second-order valence-corrected chi connectivity index (χ2v) is 2.80. The summed E-state index contributed by atoms with van der Waals surface area (Å²) in [5.41, 5.74) is 5.61. The van der Waals surface area contributed by atoms with Crippen LogP contribution in [-0.4, -0.2) is 22.2 Å². The monoisotopic (exact) mass is 183 g/mol. The fraction of sp³-hybridized carbons (Fsp3) is 0.375. The number of aryl methyl sites for hydroxylation is 1. The maximum atomic E-state index is 10.4. The Bertz CT molecular complexity index is 295. The van der Waals surface area contributed by atoms with Crippen molar-refractivity contribution in [1.29, 1.82) is 0 Å². The Morgan fingerprint density at radius 2 is 2.54 bits per heavy atom. The highest BCUT2D eigenvalue weighted by atomic mass is 16.3. The summed E-state index contributed by atoms with van der Waals surface area (Å²) in [5, 5.41) is 11.9. The van der Waals surface area contributed by atoms with Crippen LogP contribution >= 0.6 is 0 Å². The van der Waals surface area contributed by atoms with E-state index in [1.165, 1.54) is 0 Å². The third kappa shape index (κ3) is 2.48. The molecular formula is C8H13N3O2. The Morgan fingerprint density at radius 3 is 3.00 bits per heavy atom. The van der Waals surface area contributed by atoms with Gasteiger partial charge in [-0.3, -0.25) is 0 Å². The molecule has 5 nitrogen and oxygen atoms in total. The molecule has 2 amide bonds. The number of amides is 2. The highest BCUT2D eigenvalue weighted by Crippen LogP contribution is 2.10. The SMILES string of the molecule is Cn1cccc1C(O)CNC(N)=O. The quantitative estimate of drug-likeness (QED) is 0.602. The molecule has 0 bridgehead atoms. The van der Waals surface area contributed by atoms with E-state index >= 15 is 0 Å². The maximum absolute atomic E-state index is 10.4. The van der Waals surface area contributed by atoms with Crippen molar-refractivity contribution >= 4 is 6.03 Å². The van der Waals surface area contributed by atoms with Crippen LogP contribution in [0.5, 0.6) is 0 Å². The first-order chi connectivity index (χ1) is 6.11. The van der Waals surface area contributed by atoms with Gasteiger partial charge in [0.05, 0.1) is 6.54 Å². The van der Waals surface area contributed by atoms with Gasteiger partial charge in [-0.05, 0) is 12.1 Å². The molecule has 0 saturated carbocycles. The molecule has 1 aromatic rings. The molecule has 5 heteroatoms. The molecule has 0 spiro atoms. The van der Waals surface area contributed by atoms with Crippen LogP contribution in [-0.2, 0) is 7.05 Å². The van der Waals surface area contributed by atoms with Gasteiger partial charge in [-0.2, -0.15) is 0 Å². The van der Waals surface area contributed by atoms with Crippen LogP contribution in [0.3, 0.4) is 0 Å². The van der Waals surface area contributed by atoms with Gasteiger partial charge in [-0.1, -0.05) is 0 Å². The second-order valence-electron chi connectivity index (χ2n) is 2.80. The van der Waals surface area contributed by atoms with E-state index in [-0.39, 0.29) is 6.54 Å². The van der Waals surface area contributed by atoms with Crippen molar-refractivity contribution in [2.24, 2.45) is 12.8 Å². The third-order valence-electron chi connectivity index (χ3n) is 1.79. The van der Waals surface area contributed by atoms with E-state index in [0.29, 0.717) is 0 Å². The molecule has 0 radical (unpaired) electrons.